The fourth-order valence-corrected chi connectivity index (χ4v) is 1.45. The molecule has 0 aliphatic carbocycles. The summed E-state index contributed by atoms with van der Waals surface area (Å²) in [7, 11) is 0. The van der Waals surface area contributed by atoms with Crippen LogP contribution < -0.4 is 0 Å². The number of hydrogen-bond donors (Lipinski definition) is 0. The first-order chi connectivity index (χ1) is 6.27. The van der Waals surface area contributed by atoms with Gasteiger partial charge in [-0.25, -0.2) is 8.78 Å². The van der Waals surface area contributed by atoms with Crippen LogP contribution in [0.4, 0.5) is 8.78 Å². The van der Waals surface area contributed by atoms with E-state index in [0.29, 0.717) is 6.54 Å². The highest BCUT2D eigenvalue weighted by Gasteiger charge is 2.17. The number of halogens is 2. The third-order valence-electron chi connectivity index (χ3n) is 2.39. The van der Waals surface area contributed by atoms with Crippen LogP contribution in [0.1, 0.15) is 12.0 Å². The summed E-state index contributed by atoms with van der Waals surface area (Å²) < 4.78 is 26.2. The summed E-state index contributed by atoms with van der Waals surface area (Å²) in [6, 6.07) is 4.00. The van der Waals surface area contributed by atoms with Gasteiger partial charge in [0.25, 0.3) is 0 Å². The van der Waals surface area contributed by atoms with Crippen LogP contribution in [0.3, 0.4) is 0 Å². The molecule has 1 nitrogen and oxygen atoms in total. The second kappa shape index (κ2) is 3.42. The normalized spacial score (nSPS) is 17.1. The van der Waals surface area contributed by atoms with Gasteiger partial charge in [-0.05, 0) is 31.6 Å². The van der Waals surface area contributed by atoms with E-state index in [-0.39, 0.29) is 5.56 Å². The van der Waals surface area contributed by atoms with E-state index < -0.39 is 11.6 Å². The lowest BCUT2D eigenvalue weighted by molar-refractivity contribution is 0.168. The quantitative estimate of drug-likeness (QED) is 0.679. The highest BCUT2D eigenvalue weighted by atomic mass is 19.1. The summed E-state index contributed by atoms with van der Waals surface area (Å²) >= 11 is 0. The largest absolute Gasteiger partial charge is 0.299 e. The van der Waals surface area contributed by atoms with Gasteiger partial charge in [0.1, 0.15) is 11.6 Å². The number of likely N-dealkylation sites (tertiary alicyclic amines) is 1. The second-order valence-electron chi connectivity index (χ2n) is 3.33. The standard InChI is InChI=1S/C10H11F2N/c11-9-3-1-4-10(12)8(9)7-13-5-2-6-13/h1,3-4H,2,5-7H2. The van der Waals surface area contributed by atoms with Crippen molar-refractivity contribution in [2.24, 2.45) is 0 Å². The summed E-state index contributed by atoms with van der Waals surface area (Å²) in [5.74, 6) is -0.876. The van der Waals surface area contributed by atoms with E-state index in [9.17, 15) is 8.78 Å². The van der Waals surface area contributed by atoms with Crippen LogP contribution in [0.5, 0.6) is 0 Å². The molecule has 1 aromatic carbocycles. The zero-order valence-electron chi connectivity index (χ0n) is 7.26. The Morgan fingerprint density at radius 2 is 1.77 bits per heavy atom. The molecule has 0 N–H and O–H groups in total. The first-order valence-corrected chi connectivity index (χ1v) is 4.42. The lowest BCUT2D eigenvalue weighted by Crippen LogP contribution is -2.36. The van der Waals surface area contributed by atoms with Gasteiger partial charge in [-0.15, -0.1) is 0 Å². The highest BCUT2D eigenvalue weighted by molar-refractivity contribution is 5.19. The van der Waals surface area contributed by atoms with Crippen molar-refractivity contribution in [3.05, 3.63) is 35.4 Å². The molecular weight excluding hydrogens is 172 g/mol. The molecule has 13 heavy (non-hydrogen) atoms. The van der Waals surface area contributed by atoms with Crippen LogP contribution in [-0.2, 0) is 6.54 Å². The molecule has 3 heteroatoms. The Morgan fingerprint density at radius 1 is 1.15 bits per heavy atom. The fourth-order valence-electron chi connectivity index (χ4n) is 1.45. The molecule has 0 saturated carbocycles. The Morgan fingerprint density at radius 3 is 2.23 bits per heavy atom. The van der Waals surface area contributed by atoms with E-state index in [1.165, 1.54) is 18.2 Å². The number of benzene rings is 1. The van der Waals surface area contributed by atoms with Crippen LogP contribution in [-0.4, -0.2) is 18.0 Å². The molecule has 0 bridgehead atoms. The summed E-state index contributed by atoms with van der Waals surface area (Å²) in [6.07, 6.45) is 1.13. The molecule has 1 aliphatic rings. The molecule has 70 valence electrons. The van der Waals surface area contributed by atoms with E-state index in [2.05, 4.69) is 0 Å². The van der Waals surface area contributed by atoms with E-state index in [1.54, 1.807) is 0 Å². The first kappa shape index (κ1) is 8.63. The Balaban J connectivity index is 2.17. The number of hydrogen-bond acceptors (Lipinski definition) is 1. The Hall–Kier alpha value is -0.960. The van der Waals surface area contributed by atoms with Gasteiger partial charge < -0.3 is 0 Å². The minimum absolute atomic E-state index is 0.196. The zero-order chi connectivity index (χ0) is 9.26. The molecule has 0 atom stereocenters. The van der Waals surface area contributed by atoms with Crippen LogP contribution in [0, 0.1) is 11.6 Å². The van der Waals surface area contributed by atoms with Crippen LogP contribution in [0.25, 0.3) is 0 Å². The third-order valence-corrected chi connectivity index (χ3v) is 2.39. The topological polar surface area (TPSA) is 3.24 Å². The van der Waals surface area contributed by atoms with E-state index in [1.807, 2.05) is 4.90 Å². The van der Waals surface area contributed by atoms with Crippen molar-refractivity contribution < 1.29 is 8.78 Å². The van der Waals surface area contributed by atoms with Crippen molar-refractivity contribution in [3.8, 4) is 0 Å². The van der Waals surface area contributed by atoms with Crippen molar-refractivity contribution in [1.82, 2.24) is 4.90 Å². The predicted molar refractivity (Wildman–Crippen MR) is 46.3 cm³/mol. The lowest BCUT2D eigenvalue weighted by atomic mass is 10.1. The first-order valence-electron chi connectivity index (χ1n) is 4.42. The maximum atomic E-state index is 13.1. The molecule has 0 spiro atoms. The molecule has 2 rings (SSSR count). The Labute approximate surface area is 76.0 Å². The van der Waals surface area contributed by atoms with Gasteiger partial charge in [-0.3, -0.25) is 4.90 Å². The van der Waals surface area contributed by atoms with Gasteiger partial charge >= 0.3 is 0 Å². The van der Waals surface area contributed by atoms with Gasteiger partial charge in [-0.1, -0.05) is 6.07 Å². The van der Waals surface area contributed by atoms with Crippen molar-refractivity contribution in [2.45, 2.75) is 13.0 Å². The average molecular weight is 183 g/mol. The van der Waals surface area contributed by atoms with Crippen LogP contribution >= 0.6 is 0 Å². The maximum absolute atomic E-state index is 13.1. The molecule has 0 aromatic heterocycles. The van der Waals surface area contributed by atoms with Gasteiger partial charge in [0.2, 0.25) is 0 Å². The van der Waals surface area contributed by atoms with Gasteiger partial charge in [0.15, 0.2) is 0 Å². The molecule has 1 aromatic rings. The molecule has 0 unspecified atom stereocenters. The smallest absolute Gasteiger partial charge is 0.130 e. The summed E-state index contributed by atoms with van der Waals surface area (Å²) in [4.78, 5) is 2.03. The molecule has 0 amide bonds. The van der Waals surface area contributed by atoms with Crippen molar-refractivity contribution in [2.75, 3.05) is 13.1 Å². The van der Waals surface area contributed by atoms with Gasteiger partial charge in [0.05, 0.1) is 0 Å². The van der Waals surface area contributed by atoms with E-state index in [4.69, 9.17) is 0 Å². The predicted octanol–water partition coefficient (Wildman–Crippen LogP) is 2.17. The van der Waals surface area contributed by atoms with Crippen molar-refractivity contribution >= 4 is 0 Å². The molecular formula is C10H11F2N. The minimum atomic E-state index is -0.438. The fraction of sp³-hybridized carbons (Fsp3) is 0.400. The Bertz CT molecular complexity index is 288. The molecule has 1 aliphatic heterocycles. The van der Waals surface area contributed by atoms with Gasteiger partial charge in [0, 0.05) is 12.1 Å². The molecule has 0 radical (unpaired) electrons. The lowest BCUT2D eigenvalue weighted by Gasteiger charge is -2.30. The SMILES string of the molecule is Fc1cccc(F)c1CN1CCC1. The van der Waals surface area contributed by atoms with E-state index in [0.717, 1.165) is 19.5 Å². The van der Waals surface area contributed by atoms with Crippen LogP contribution in [0.2, 0.25) is 0 Å². The number of rotatable bonds is 2. The monoisotopic (exact) mass is 183 g/mol. The van der Waals surface area contributed by atoms with Crippen LogP contribution in [0.15, 0.2) is 18.2 Å². The minimum Gasteiger partial charge on any atom is -0.299 e. The third kappa shape index (κ3) is 1.70. The summed E-state index contributed by atoms with van der Waals surface area (Å²) in [5.41, 5.74) is 0.196. The maximum Gasteiger partial charge on any atom is 0.130 e. The molecule has 1 fully saturated rings. The van der Waals surface area contributed by atoms with E-state index >= 15 is 0 Å². The number of nitrogens with zero attached hydrogens (tertiary/aromatic N) is 1. The highest BCUT2D eigenvalue weighted by Crippen LogP contribution is 2.17. The molecule has 1 saturated heterocycles. The zero-order valence-corrected chi connectivity index (χ0v) is 7.26. The second-order valence-corrected chi connectivity index (χ2v) is 3.33. The van der Waals surface area contributed by atoms with Crippen molar-refractivity contribution in [3.63, 3.8) is 0 Å². The molecule has 1 heterocycles. The summed E-state index contributed by atoms with van der Waals surface area (Å²) in [5, 5.41) is 0. The summed E-state index contributed by atoms with van der Waals surface area (Å²) in [6.45, 7) is 2.31. The van der Waals surface area contributed by atoms with Crippen molar-refractivity contribution in [1.29, 1.82) is 0 Å². The average Bonchev–Trinajstić information content (AvgIpc) is 2.00. The Kier molecular flexibility index (Phi) is 2.27. The van der Waals surface area contributed by atoms with Gasteiger partial charge in [-0.2, -0.15) is 0 Å².